The van der Waals surface area contributed by atoms with Crippen LogP contribution in [0.25, 0.3) is 82.7 Å². The third kappa shape index (κ3) is 5.35. The highest BCUT2D eigenvalue weighted by Gasteiger charge is 2.29. The first-order chi connectivity index (χ1) is 28.5. The third-order valence-corrected chi connectivity index (χ3v) is 12.5. The Balaban J connectivity index is 1.18. The second kappa shape index (κ2) is 12.6. The van der Waals surface area contributed by atoms with Gasteiger partial charge < -0.3 is 14.4 Å². The van der Waals surface area contributed by atoms with Crippen molar-refractivity contribution in [3.05, 3.63) is 163 Å². The normalized spacial score (nSPS) is 14.0. The maximum Gasteiger partial charge on any atom is 0.145 e. The van der Waals surface area contributed by atoms with Gasteiger partial charge in [0.25, 0.3) is 0 Å². The number of pyridine rings is 1. The molecule has 6 aromatic carbocycles. The summed E-state index contributed by atoms with van der Waals surface area (Å²) in [5.41, 5.74) is 12.7. The largest absolute Gasteiger partial charge is 0.341 e. The molecule has 0 saturated heterocycles. The molecule has 6 nitrogen and oxygen atoms in total. The highest BCUT2D eigenvalue weighted by molar-refractivity contribution is 6.13. The number of para-hydroxylation sites is 4. The van der Waals surface area contributed by atoms with E-state index in [0.717, 1.165) is 40.4 Å². The van der Waals surface area contributed by atoms with Crippen molar-refractivity contribution in [1.29, 1.82) is 0 Å². The summed E-state index contributed by atoms with van der Waals surface area (Å²) in [6.07, 6.45) is 4.25. The molecular weight excluding hydrogens is 721 g/mol. The molecule has 0 fully saturated rings. The number of benzene rings is 6. The van der Waals surface area contributed by atoms with Crippen LogP contribution in [0.15, 0.2) is 152 Å². The van der Waals surface area contributed by atoms with E-state index in [9.17, 15) is 0 Å². The summed E-state index contributed by atoms with van der Waals surface area (Å²) < 4.78 is 7.29. The van der Waals surface area contributed by atoms with Gasteiger partial charge in [-0.05, 0) is 88.7 Å². The monoisotopic (exact) mass is 768 g/mol. The predicted octanol–water partition coefficient (Wildman–Crippen LogP) is 13.1. The molecule has 59 heavy (non-hydrogen) atoms. The topological polar surface area (TPSA) is 34.2 Å². The Hall–Kier alpha value is -6.79. The van der Waals surface area contributed by atoms with E-state index in [1.807, 2.05) is 12.3 Å². The van der Waals surface area contributed by atoms with Gasteiger partial charge in [0.05, 0.1) is 39.9 Å². The van der Waals surface area contributed by atoms with Crippen molar-refractivity contribution < 1.29 is 0 Å². The van der Waals surface area contributed by atoms with Crippen LogP contribution in [0.2, 0.25) is 0 Å². The van der Waals surface area contributed by atoms with E-state index < -0.39 is 0 Å². The first-order valence-corrected chi connectivity index (χ1v) is 20.7. The van der Waals surface area contributed by atoms with Crippen LogP contribution < -0.4 is 4.90 Å². The van der Waals surface area contributed by atoms with Crippen LogP contribution in [0.5, 0.6) is 0 Å². The SMILES string of the molecule is CN1CN(c2cc(C(C)(C)C)c3c4ccccc4n(-c4cc(-n5c6ccccc6c6cccnc65)cc(C(C)(C)C)c4)c3c2)C=C1n1c2ccccc2c2ccccc21. The summed E-state index contributed by atoms with van der Waals surface area (Å²) in [5.74, 6) is 1.16. The number of aromatic nitrogens is 4. The standard InChI is InChI=1S/C53H48N6/c1-52(2,3)34-27-36(29-37(28-34)58-44-22-12-10-19-40(44)41-21-16-26-54-51(41)58)57-47-25-15-11-20-42(47)50-43(53(4,5)6)30-35(31-48(50)57)56-32-49(55(7)33-56)59-45-23-13-8-17-38(45)39-18-9-14-24-46(39)59/h8-32H,33H2,1-7H3. The number of fused-ring (bicyclic) bond motifs is 9. The van der Waals surface area contributed by atoms with E-state index in [1.165, 1.54) is 65.8 Å². The quantitative estimate of drug-likeness (QED) is 0.179. The summed E-state index contributed by atoms with van der Waals surface area (Å²) in [4.78, 5) is 9.77. The Morgan fingerprint density at radius 1 is 0.475 bits per heavy atom. The smallest absolute Gasteiger partial charge is 0.145 e. The Morgan fingerprint density at radius 3 is 1.61 bits per heavy atom. The van der Waals surface area contributed by atoms with E-state index >= 15 is 0 Å². The molecule has 5 heterocycles. The lowest BCUT2D eigenvalue weighted by Gasteiger charge is -2.26. The molecule has 0 radical (unpaired) electrons. The van der Waals surface area contributed by atoms with Gasteiger partial charge in [0, 0.05) is 63.1 Å². The summed E-state index contributed by atoms with van der Waals surface area (Å²) in [7, 11) is 2.21. The van der Waals surface area contributed by atoms with Crippen molar-refractivity contribution in [2.45, 2.75) is 52.4 Å². The average Bonchev–Trinajstić information content (AvgIpc) is 3.97. The fraction of sp³-hybridized carbons (Fsp3) is 0.189. The molecule has 0 saturated carbocycles. The number of hydrogen-bond acceptors (Lipinski definition) is 3. The Labute approximate surface area is 344 Å². The number of nitrogens with zero attached hydrogens (tertiary/aromatic N) is 6. The van der Waals surface area contributed by atoms with E-state index in [0.29, 0.717) is 0 Å². The minimum atomic E-state index is -0.124. The molecule has 1 aliphatic rings. The van der Waals surface area contributed by atoms with Crippen LogP contribution in [-0.4, -0.2) is 37.3 Å². The van der Waals surface area contributed by atoms with Gasteiger partial charge in [0.2, 0.25) is 0 Å². The van der Waals surface area contributed by atoms with Crippen LogP contribution in [0.3, 0.4) is 0 Å². The lowest BCUT2D eigenvalue weighted by atomic mass is 9.83. The molecular formula is C53H48N6. The van der Waals surface area contributed by atoms with Crippen LogP contribution >= 0.6 is 0 Å². The minimum absolute atomic E-state index is 0.106. The van der Waals surface area contributed by atoms with Gasteiger partial charge in [-0.25, -0.2) is 4.98 Å². The lowest BCUT2D eigenvalue weighted by molar-refractivity contribution is 0.497. The highest BCUT2D eigenvalue weighted by atomic mass is 15.4. The van der Waals surface area contributed by atoms with Crippen molar-refractivity contribution in [3.63, 3.8) is 0 Å². The molecule has 0 unspecified atom stereocenters. The van der Waals surface area contributed by atoms with Crippen molar-refractivity contribution in [3.8, 4) is 11.4 Å². The van der Waals surface area contributed by atoms with E-state index in [2.05, 4.69) is 212 Å². The van der Waals surface area contributed by atoms with Gasteiger partial charge in [-0.1, -0.05) is 114 Å². The zero-order valence-corrected chi connectivity index (χ0v) is 34.8. The number of rotatable bonds is 4. The van der Waals surface area contributed by atoms with Gasteiger partial charge in [-0.2, -0.15) is 0 Å². The molecule has 4 aromatic heterocycles. The van der Waals surface area contributed by atoms with E-state index in [1.54, 1.807) is 0 Å². The van der Waals surface area contributed by atoms with Gasteiger partial charge in [0.15, 0.2) is 0 Å². The number of anilines is 1. The molecule has 6 heteroatoms. The predicted molar refractivity (Wildman–Crippen MR) is 249 cm³/mol. The molecule has 0 aliphatic carbocycles. The molecule has 0 spiro atoms. The number of hydrogen-bond donors (Lipinski definition) is 0. The first kappa shape index (κ1) is 35.4. The van der Waals surface area contributed by atoms with Crippen LogP contribution in [0.1, 0.15) is 52.7 Å². The second-order valence-electron chi connectivity index (χ2n) is 18.4. The molecule has 10 aromatic rings. The van der Waals surface area contributed by atoms with Gasteiger partial charge in [-0.15, -0.1) is 0 Å². The average molecular weight is 769 g/mol. The van der Waals surface area contributed by atoms with Crippen molar-refractivity contribution in [2.24, 2.45) is 0 Å². The fourth-order valence-electron chi connectivity index (χ4n) is 9.59. The molecule has 290 valence electrons. The second-order valence-corrected chi connectivity index (χ2v) is 18.4. The molecule has 0 bridgehead atoms. The molecule has 0 amide bonds. The minimum Gasteiger partial charge on any atom is -0.341 e. The highest BCUT2D eigenvalue weighted by Crippen LogP contribution is 2.44. The van der Waals surface area contributed by atoms with E-state index in [-0.39, 0.29) is 10.8 Å². The van der Waals surface area contributed by atoms with Gasteiger partial charge in [0.1, 0.15) is 11.5 Å². The summed E-state index contributed by atoms with van der Waals surface area (Å²) in [6, 6.07) is 51.4. The maximum absolute atomic E-state index is 4.98. The van der Waals surface area contributed by atoms with Crippen LogP contribution in [0.4, 0.5) is 5.69 Å². The van der Waals surface area contributed by atoms with Crippen molar-refractivity contribution >= 4 is 77.1 Å². The van der Waals surface area contributed by atoms with Gasteiger partial charge in [-0.3, -0.25) is 9.13 Å². The van der Waals surface area contributed by atoms with E-state index in [4.69, 9.17) is 4.98 Å². The molecule has 0 atom stereocenters. The lowest BCUT2D eigenvalue weighted by Crippen LogP contribution is -2.24. The Kier molecular flexibility index (Phi) is 7.56. The van der Waals surface area contributed by atoms with Crippen LogP contribution in [0, 0.1) is 0 Å². The Bertz CT molecular complexity index is 3250. The summed E-state index contributed by atoms with van der Waals surface area (Å²) in [5, 5.41) is 7.47. The fourth-order valence-corrected chi connectivity index (χ4v) is 9.59. The van der Waals surface area contributed by atoms with Gasteiger partial charge >= 0.3 is 0 Å². The Morgan fingerprint density at radius 2 is 1.00 bits per heavy atom. The van der Waals surface area contributed by atoms with Crippen molar-refractivity contribution in [2.75, 3.05) is 18.6 Å². The zero-order chi connectivity index (χ0) is 40.4. The molecule has 11 rings (SSSR count). The van der Waals surface area contributed by atoms with Crippen LogP contribution in [-0.2, 0) is 10.8 Å². The zero-order valence-electron chi connectivity index (χ0n) is 34.8. The van der Waals surface area contributed by atoms with Crippen molar-refractivity contribution in [1.82, 2.24) is 23.6 Å². The first-order valence-electron chi connectivity index (χ1n) is 20.7. The summed E-state index contributed by atoms with van der Waals surface area (Å²) >= 11 is 0. The summed E-state index contributed by atoms with van der Waals surface area (Å²) in [6.45, 7) is 14.7. The molecule has 0 N–H and O–H groups in total. The maximum atomic E-state index is 4.98. The third-order valence-electron chi connectivity index (χ3n) is 12.5. The molecule has 1 aliphatic heterocycles.